The Bertz CT molecular complexity index is 436. The number of hydrogen-bond acceptors (Lipinski definition) is 3. The zero-order valence-electron chi connectivity index (χ0n) is 9.85. The van der Waals surface area contributed by atoms with Crippen molar-refractivity contribution in [2.75, 3.05) is 13.7 Å². The van der Waals surface area contributed by atoms with Gasteiger partial charge in [0.1, 0.15) is 12.6 Å². The molecule has 5 nitrogen and oxygen atoms in total. The molecular weight excluding hydrogens is 258 g/mol. The number of carboxylic acids is 1. The quantitative estimate of drug-likeness (QED) is 0.812. The van der Waals surface area contributed by atoms with Crippen LogP contribution >= 0.6 is 11.6 Å². The molecule has 1 aromatic carbocycles. The SMILES string of the molecule is COCC(=O)N[C@H](Cc1ccccc1Cl)C(=O)O. The summed E-state index contributed by atoms with van der Waals surface area (Å²) in [4.78, 5) is 22.4. The van der Waals surface area contributed by atoms with Gasteiger partial charge in [-0.05, 0) is 11.6 Å². The third kappa shape index (κ3) is 4.35. The van der Waals surface area contributed by atoms with Crippen LogP contribution in [-0.4, -0.2) is 36.7 Å². The molecule has 2 N–H and O–H groups in total. The molecule has 1 amide bonds. The van der Waals surface area contributed by atoms with Gasteiger partial charge in [-0.1, -0.05) is 29.8 Å². The molecule has 0 fully saturated rings. The molecule has 98 valence electrons. The Morgan fingerprint density at radius 1 is 1.44 bits per heavy atom. The second kappa shape index (κ2) is 6.98. The third-order valence-electron chi connectivity index (χ3n) is 2.29. The van der Waals surface area contributed by atoms with Gasteiger partial charge in [0, 0.05) is 18.6 Å². The maximum absolute atomic E-state index is 11.3. The lowest BCUT2D eigenvalue weighted by Gasteiger charge is -2.15. The highest BCUT2D eigenvalue weighted by atomic mass is 35.5. The van der Waals surface area contributed by atoms with Crippen molar-refractivity contribution in [3.8, 4) is 0 Å². The summed E-state index contributed by atoms with van der Waals surface area (Å²) in [6.45, 7) is -0.174. The van der Waals surface area contributed by atoms with Crippen molar-refractivity contribution in [3.05, 3.63) is 34.9 Å². The number of halogens is 1. The number of aliphatic carboxylic acids is 1. The van der Waals surface area contributed by atoms with E-state index < -0.39 is 17.9 Å². The molecule has 0 aliphatic carbocycles. The lowest BCUT2D eigenvalue weighted by atomic mass is 10.1. The van der Waals surface area contributed by atoms with Crippen LogP contribution in [-0.2, 0) is 20.7 Å². The molecule has 1 aromatic rings. The number of benzene rings is 1. The van der Waals surface area contributed by atoms with Gasteiger partial charge in [-0.15, -0.1) is 0 Å². The number of rotatable bonds is 6. The standard InChI is InChI=1S/C12H14ClNO4/c1-18-7-11(15)14-10(12(16)17)6-8-4-2-3-5-9(8)13/h2-5,10H,6-7H2,1H3,(H,14,15)(H,16,17)/t10-/m1/s1. The zero-order valence-corrected chi connectivity index (χ0v) is 10.6. The normalized spacial score (nSPS) is 11.9. The summed E-state index contributed by atoms with van der Waals surface area (Å²) < 4.78 is 4.63. The Labute approximate surface area is 110 Å². The minimum absolute atomic E-state index is 0.129. The number of hydrogen-bond donors (Lipinski definition) is 2. The fourth-order valence-electron chi connectivity index (χ4n) is 1.45. The molecular formula is C12H14ClNO4. The molecule has 1 rings (SSSR count). The molecule has 0 aromatic heterocycles. The van der Waals surface area contributed by atoms with Gasteiger partial charge in [0.05, 0.1) is 0 Å². The fourth-order valence-corrected chi connectivity index (χ4v) is 1.66. The van der Waals surface area contributed by atoms with Crippen LogP contribution in [0.5, 0.6) is 0 Å². The first-order valence-corrected chi connectivity index (χ1v) is 5.67. The minimum atomic E-state index is -1.11. The first-order chi connectivity index (χ1) is 8.54. The largest absolute Gasteiger partial charge is 0.480 e. The van der Waals surface area contributed by atoms with Crippen LogP contribution in [0.1, 0.15) is 5.56 Å². The molecule has 0 heterocycles. The number of carboxylic acid groups (broad SMARTS) is 1. The summed E-state index contributed by atoms with van der Waals surface area (Å²) in [5.74, 6) is -1.59. The molecule has 18 heavy (non-hydrogen) atoms. The number of methoxy groups -OCH3 is 1. The van der Waals surface area contributed by atoms with Gasteiger partial charge in [-0.25, -0.2) is 4.79 Å². The van der Waals surface area contributed by atoms with E-state index in [1.807, 2.05) is 0 Å². The van der Waals surface area contributed by atoms with E-state index in [0.29, 0.717) is 10.6 Å². The van der Waals surface area contributed by atoms with Gasteiger partial charge in [0.2, 0.25) is 5.91 Å². The Morgan fingerprint density at radius 3 is 2.67 bits per heavy atom. The highest BCUT2D eigenvalue weighted by Crippen LogP contribution is 2.16. The van der Waals surface area contributed by atoms with Crippen LogP contribution in [0.3, 0.4) is 0 Å². The van der Waals surface area contributed by atoms with E-state index >= 15 is 0 Å². The molecule has 1 atom stereocenters. The van der Waals surface area contributed by atoms with Crippen LogP contribution < -0.4 is 5.32 Å². The van der Waals surface area contributed by atoms with E-state index in [2.05, 4.69) is 10.1 Å². The van der Waals surface area contributed by atoms with Crippen molar-refractivity contribution in [2.24, 2.45) is 0 Å². The summed E-state index contributed by atoms with van der Waals surface area (Å²) in [7, 11) is 1.36. The van der Waals surface area contributed by atoms with Crippen LogP contribution in [0.25, 0.3) is 0 Å². The van der Waals surface area contributed by atoms with Gasteiger partial charge >= 0.3 is 5.97 Å². The van der Waals surface area contributed by atoms with E-state index in [4.69, 9.17) is 16.7 Å². The predicted octanol–water partition coefficient (Wildman–Crippen LogP) is 1.10. The second-order valence-corrected chi connectivity index (χ2v) is 4.09. The Hall–Kier alpha value is -1.59. The number of amides is 1. The minimum Gasteiger partial charge on any atom is -0.480 e. The molecule has 0 radical (unpaired) electrons. The molecule has 0 saturated heterocycles. The highest BCUT2D eigenvalue weighted by Gasteiger charge is 2.21. The van der Waals surface area contributed by atoms with Crippen molar-refractivity contribution >= 4 is 23.5 Å². The maximum atomic E-state index is 11.3. The monoisotopic (exact) mass is 271 g/mol. The van der Waals surface area contributed by atoms with Crippen LogP contribution in [0, 0.1) is 0 Å². The summed E-state index contributed by atoms with van der Waals surface area (Å²) in [5, 5.41) is 11.9. The average molecular weight is 272 g/mol. The molecule has 6 heteroatoms. The Balaban J connectivity index is 2.72. The van der Waals surface area contributed by atoms with E-state index in [1.54, 1.807) is 24.3 Å². The van der Waals surface area contributed by atoms with E-state index in [-0.39, 0.29) is 13.0 Å². The predicted molar refractivity (Wildman–Crippen MR) is 66.6 cm³/mol. The first kappa shape index (κ1) is 14.5. The molecule has 0 aliphatic heterocycles. The maximum Gasteiger partial charge on any atom is 0.326 e. The van der Waals surface area contributed by atoms with Gasteiger partial charge in [-0.3, -0.25) is 4.79 Å². The number of ether oxygens (including phenoxy) is 1. The zero-order chi connectivity index (χ0) is 13.5. The third-order valence-corrected chi connectivity index (χ3v) is 2.66. The van der Waals surface area contributed by atoms with Crippen molar-refractivity contribution in [2.45, 2.75) is 12.5 Å². The lowest BCUT2D eigenvalue weighted by molar-refractivity contribution is -0.142. The van der Waals surface area contributed by atoms with Crippen molar-refractivity contribution in [1.29, 1.82) is 0 Å². The Kier molecular flexibility index (Phi) is 5.61. The van der Waals surface area contributed by atoms with Crippen LogP contribution in [0.4, 0.5) is 0 Å². The molecule has 0 aliphatic rings. The average Bonchev–Trinajstić information content (AvgIpc) is 2.31. The number of carbonyl (C=O) groups excluding carboxylic acids is 1. The number of nitrogens with one attached hydrogen (secondary N) is 1. The highest BCUT2D eigenvalue weighted by molar-refractivity contribution is 6.31. The van der Waals surface area contributed by atoms with Gasteiger partial charge < -0.3 is 15.2 Å². The lowest BCUT2D eigenvalue weighted by Crippen LogP contribution is -2.43. The molecule has 0 saturated carbocycles. The molecule has 0 spiro atoms. The van der Waals surface area contributed by atoms with E-state index in [1.165, 1.54) is 7.11 Å². The molecule has 0 unspecified atom stereocenters. The van der Waals surface area contributed by atoms with Crippen LogP contribution in [0.15, 0.2) is 24.3 Å². The van der Waals surface area contributed by atoms with Crippen molar-refractivity contribution in [3.63, 3.8) is 0 Å². The molecule has 0 bridgehead atoms. The Morgan fingerprint density at radius 2 is 2.11 bits per heavy atom. The van der Waals surface area contributed by atoms with E-state index in [0.717, 1.165) is 0 Å². The summed E-state index contributed by atoms with van der Waals surface area (Å²) in [5.41, 5.74) is 0.671. The number of carbonyl (C=O) groups is 2. The second-order valence-electron chi connectivity index (χ2n) is 3.69. The van der Waals surface area contributed by atoms with Gasteiger partial charge in [0.15, 0.2) is 0 Å². The first-order valence-electron chi connectivity index (χ1n) is 5.29. The van der Waals surface area contributed by atoms with Gasteiger partial charge in [0.25, 0.3) is 0 Å². The summed E-state index contributed by atoms with van der Waals surface area (Å²) >= 11 is 5.94. The van der Waals surface area contributed by atoms with E-state index in [9.17, 15) is 9.59 Å². The van der Waals surface area contributed by atoms with Crippen LogP contribution in [0.2, 0.25) is 5.02 Å². The van der Waals surface area contributed by atoms with Gasteiger partial charge in [-0.2, -0.15) is 0 Å². The fraction of sp³-hybridized carbons (Fsp3) is 0.333. The summed E-state index contributed by atoms with van der Waals surface area (Å²) in [6.07, 6.45) is 0.129. The smallest absolute Gasteiger partial charge is 0.326 e. The van der Waals surface area contributed by atoms with Crippen molar-refractivity contribution in [1.82, 2.24) is 5.32 Å². The summed E-state index contributed by atoms with van der Waals surface area (Å²) in [6, 6.07) is 5.89. The van der Waals surface area contributed by atoms with Crippen molar-refractivity contribution < 1.29 is 19.4 Å². The topological polar surface area (TPSA) is 75.6 Å².